The van der Waals surface area contributed by atoms with E-state index in [2.05, 4.69) is 25.2 Å². The molecular formula is C8H15N2. The van der Waals surface area contributed by atoms with Crippen molar-refractivity contribution in [2.24, 2.45) is 0 Å². The van der Waals surface area contributed by atoms with Crippen LogP contribution in [-0.2, 0) is 0 Å². The summed E-state index contributed by atoms with van der Waals surface area (Å²) in [4.78, 5) is 0. The lowest BCUT2D eigenvalue weighted by Crippen LogP contribution is -2.28. The molecule has 0 amide bonds. The minimum atomic E-state index is 0.367. The summed E-state index contributed by atoms with van der Waals surface area (Å²) in [6.07, 6.45) is 2.52. The molecule has 0 fully saturated rings. The third-order valence-electron chi connectivity index (χ3n) is 1.44. The van der Waals surface area contributed by atoms with Crippen molar-refractivity contribution in [3.8, 4) is 6.07 Å². The highest BCUT2D eigenvalue weighted by Gasteiger charge is 2.01. The Morgan fingerprint density at radius 2 is 2.40 bits per heavy atom. The summed E-state index contributed by atoms with van der Waals surface area (Å²) in [6.45, 7) is 6.70. The van der Waals surface area contributed by atoms with Gasteiger partial charge >= 0.3 is 0 Å². The van der Waals surface area contributed by atoms with Gasteiger partial charge in [0.1, 0.15) is 0 Å². The normalized spacial score (nSPS) is 12.5. The summed E-state index contributed by atoms with van der Waals surface area (Å²) in [6, 6.07) is 2.51. The van der Waals surface area contributed by atoms with Crippen molar-refractivity contribution >= 4 is 0 Å². The number of rotatable bonds is 5. The molecule has 0 bridgehead atoms. The highest BCUT2D eigenvalue weighted by atomic mass is 14.9. The van der Waals surface area contributed by atoms with Crippen LogP contribution in [0.1, 0.15) is 26.2 Å². The molecule has 0 aromatic heterocycles. The smallest absolute Gasteiger partial charge is 0.0638 e. The van der Waals surface area contributed by atoms with E-state index in [1.165, 1.54) is 0 Å². The molecule has 1 N–H and O–H groups in total. The zero-order chi connectivity index (χ0) is 7.82. The van der Waals surface area contributed by atoms with Crippen molar-refractivity contribution < 1.29 is 0 Å². The fourth-order valence-electron chi connectivity index (χ4n) is 0.777. The Balaban J connectivity index is 3.32. The fraction of sp³-hybridized carbons (Fsp3) is 0.750. The fourth-order valence-corrected chi connectivity index (χ4v) is 0.777. The van der Waals surface area contributed by atoms with Crippen LogP contribution in [0.15, 0.2) is 0 Å². The molecule has 0 saturated carbocycles. The number of hydrogen-bond acceptors (Lipinski definition) is 2. The molecule has 0 spiro atoms. The van der Waals surface area contributed by atoms with E-state index in [0.29, 0.717) is 12.5 Å². The van der Waals surface area contributed by atoms with Crippen LogP contribution in [0.4, 0.5) is 0 Å². The summed E-state index contributed by atoms with van der Waals surface area (Å²) < 4.78 is 0. The zero-order valence-electron chi connectivity index (χ0n) is 6.56. The summed E-state index contributed by atoms with van der Waals surface area (Å²) in [5.41, 5.74) is 0. The Kier molecular flexibility index (Phi) is 6.21. The minimum absolute atomic E-state index is 0.367. The lowest BCUT2D eigenvalue weighted by Gasteiger charge is -2.11. The SMILES string of the molecule is [CH2]CCNC(CC)CC#N. The molecule has 57 valence electrons. The van der Waals surface area contributed by atoms with E-state index in [9.17, 15) is 0 Å². The van der Waals surface area contributed by atoms with E-state index in [1.54, 1.807) is 0 Å². The molecule has 2 heteroatoms. The zero-order valence-corrected chi connectivity index (χ0v) is 6.56. The molecule has 2 nitrogen and oxygen atoms in total. The molecule has 1 atom stereocenters. The van der Waals surface area contributed by atoms with E-state index >= 15 is 0 Å². The van der Waals surface area contributed by atoms with Gasteiger partial charge in [-0.2, -0.15) is 5.26 Å². The molecular weight excluding hydrogens is 124 g/mol. The topological polar surface area (TPSA) is 35.8 Å². The second-order valence-electron chi connectivity index (χ2n) is 2.28. The van der Waals surface area contributed by atoms with E-state index in [4.69, 9.17) is 5.26 Å². The minimum Gasteiger partial charge on any atom is -0.313 e. The quantitative estimate of drug-likeness (QED) is 0.626. The first kappa shape index (κ1) is 9.45. The van der Waals surface area contributed by atoms with Crippen LogP contribution in [0.25, 0.3) is 0 Å². The van der Waals surface area contributed by atoms with Gasteiger partial charge in [0.2, 0.25) is 0 Å². The monoisotopic (exact) mass is 139 g/mol. The Morgan fingerprint density at radius 1 is 1.70 bits per heavy atom. The van der Waals surface area contributed by atoms with Gasteiger partial charge in [0.05, 0.1) is 12.5 Å². The van der Waals surface area contributed by atoms with Crippen molar-refractivity contribution in [1.29, 1.82) is 5.26 Å². The van der Waals surface area contributed by atoms with Crippen molar-refractivity contribution in [2.75, 3.05) is 6.54 Å². The van der Waals surface area contributed by atoms with Crippen LogP contribution in [0.2, 0.25) is 0 Å². The molecule has 0 heterocycles. The molecule has 0 aromatic rings. The van der Waals surface area contributed by atoms with Crippen molar-refractivity contribution in [1.82, 2.24) is 5.32 Å². The average Bonchev–Trinajstić information content (AvgIpc) is 1.98. The predicted octanol–water partition coefficient (Wildman–Crippen LogP) is 1.49. The maximum atomic E-state index is 8.36. The second kappa shape index (κ2) is 6.57. The molecule has 0 aromatic carbocycles. The highest BCUT2D eigenvalue weighted by Crippen LogP contribution is 1.94. The maximum Gasteiger partial charge on any atom is 0.0638 e. The standard InChI is InChI=1S/C8H15N2/c1-3-7-10-8(4-2)5-6-9/h8,10H,1,3-5,7H2,2H3. The van der Waals surface area contributed by atoms with Crippen LogP contribution < -0.4 is 5.32 Å². The summed E-state index contributed by atoms with van der Waals surface area (Å²) >= 11 is 0. The van der Waals surface area contributed by atoms with Gasteiger partial charge in [-0.1, -0.05) is 13.8 Å². The molecule has 0 aliphatic carbocycles. The van der Waals surface area contributed by atoms with Gasteiger partial charge in [-0.05, 0) is 19.4 Å². The van der Waals surface area contributed by atoms with Crippen molar-refractivity contribution in [3.63, 3.8) is 0 Å². The summed E-state index contributed by atoms with van der Waals surface area (Å²) in [5, 5.41) is 11.6. The molecule has 10 heavy (non-hydrogen) atoms. The third-order valence-corrected chi connectivity index (χ3v) is 1.44. The Hall–Kier alpha value is -0.550. The third kappa shape index (κ3) is 4.34. The van der Waals surface area contributed by atoms with Crippen molar-refractivity contribution in [2.45, 2.75) is 32.2 Å². The molecule has 0 aliphatic heterocycles. The van der Waals surface area contributed by atoms with E-state index in [-0.39, 0.29) is 0 Å². The number of nitrogens with one attached hydrogen (secondary N) is 1. The number of nitrogens with zero attached hydrogens (tertiary/aromatic N) is 1. The van der Waals surface area contributed by atoms with E-state index in [1.807, 2.05) is 0 Å². The first-order valence-corrected chi connectivity index (χ1v) is 3.74. The maximum absolute atomic E-state index is 8.36. The summed E-state index contributed by atoms with van der Waals surface area (Å²) in [7, 11) is 0. The average molecular weight is 139 g/mol. The van der Waals surface area contributed by atoms with Gasteiger partial charge < -0.3 is 5.32 Å². The van der Waals surface area contributed by atoms with Gasteiger partial charge in [-0.25, -0.2) is 0 Å². The lowest BCUT2D eigenvalue weighted by atomic mass is 10.1. The Labute approximate surface area is 63.2 Å². The Bertz CT molecular complexity index is 104. The van der Waals surface area contributed by atoms with Gasteiger partial charge in [0, 0.05) is 6.04 Å². The molecule has 0 saturated heterocycles. The predicted molar refractivity (Wildman–Crippen MR) is 42.3 cm³/mol. The largest absolute Gasteiger partial charge is 0.313 e. The van der Waals surface area contributed by atoms with Crippen molar-refractivity contribution in [3.05, 3.63) is 6.92 Å². The van der Waals surface area contributed by atoms with Crippen LogP contribution in [-0.4, -0.2) is 12.6 Å². The number of nitriles is 1. The van der Waals surface area contributed by atoms with Gasteiger partial charge in [0.15, 0.2) is 0 Å². The van der Waals surface area contributed by atoms with Crippen LogP contribution in [0.5, 0.6) is 0 Å². The summed E-state index contributed by atoms with van der Waals surface area (Å²) in [5.74, 6) is 0. The first-order chi connectivity index (χ1) is 4.85. The van der Waals surface area contributed by atoms with E-state index in [0.717, 1.165) is 19.4 Å². The van der Waals surface area contributed by atoms with Gasteiger partial charge in [-0.15, -0.1) is 0 Å². The van der Waals surface area contributed by atoms with Crippen LogP contribution in [0.3, 0.4) is 0 Å². The van der Waals surface area contributed by atoms with Crippen LogP contribution >= 0.6 is 0 Å². The van der Waals surface area contributed by atoms with Gasteiger partial charge in [-0.3, -0.25) is 0 Å². The number of hydrogen-bond donors (Lipinski definition) is 1. The van der Waals surface area contributed by atoms with Crippen LogP contribution in [0, 0.1) is 18.3 Å². The molecule has 1 unspecified atom stereocenters. The van der Waals surface area contributed by atoms with Gasteiger partial charge in [0.25, 0.3) is 0 Å². The second-order valence-corrected chi connectivity index (χ2v) is 2.28. The first-order valence-electron chi connectivity index (χ1n) is 3.74. The Morgan fingerprint density at radius 3 is 2.80 bits per heavy atom. The molecule has 1 radical (unpaired) electrons. The molecule has 0 aliphatic rings. The highest BCUT2D eigenvalue weighted by molar-refractivity contribution is 4.79. The lowest BCUT2D eigenvalue weighted by molar-refractivity contribution is 0.511. The molecule has 0 rings (SSSR count). The van der Waals surface area contributed by atoms with E-state index < -0.39 is 0 Å².